The number of halogens is 1. The summed E-state index contributed by atoms with van der Waals surface area (Å²) < 4.78 is 14.1. The summed E-state index contributed by atoms with van der Waals surface area (Å²) in [6.07, 6.45) is 1.73. The van der Waals surface area contributed by atoms with Crippen LogP contribution in [0, 0.1) is 15.9 Å². The number of likely N-dealkylation sites (N-methyl/N-ethyl adjacent to an activating group) is 1. The van der Waals surface area contributed by atoms with E-state index < -0.39 is 16.3 Å². The van der Waals surface area contributed by atoms with E-state index in [0.717, 1.165) is 18.9 Å². The summed E-state index contributed by atoms with van der Waals surface area (Å²) in [7, 11) is 1.99. The number of nitro benzene ring substituents is 1. The number of piperidine rings is 1. The molecule has 0 spiro atoms. The molecule has 0 aliphatic carbocycles. The molecule has 2 rings (SSSR count). The van der Waals surface area contributed by atoms with Gasteiger partial charge in [0.2, 0.25) is 0 Å². The second kappa shape index (κ2) is 6.80. The van der Waals surface area contributed by atoms with Gasteiger partial charge in [-0.05, 0) is 39.8 Å². The lowest BCUT2D eigenvalue weighted by molar-refractivity contribution is -0.385. The highest BCUT2D eigenvalue weighted by molar-refractivity contribution is 5.52. The van der Waals surface area contributed by atoms with Gasteiger partial charge in [-0.1, -0.05) is 0 Å². The lowest BCUT2D eigenvalue weighted by Crippen LogP contribution is -2.47. The van der Waals surface area contributed by atoms with E-state index >= 15 is 0 Å². The van der Waals surface area contributed by atoms with Crippen molar-refractivity contribution >= 4 is 11.4 Å². The fourth-order valence-electron chi connectivity index (χ4n) is 3.15. The minimum atomic E-state index is -0.740. The van der Waals surface area contributed by atoms with Gasteiger partial charge in [0.1, 0.15) is 0 Å². The van der Waals surface area contributed by atoms with Gasteiger partial charge in [0, 0.05) is 31.7 Å². The van der Waals surface area contributed by atoms with Gasteiger partial charge in [-0.2, -0.15) is 0 Å². The molecule has 1 aromatic carbocycles. The Morgan fingerprint density at radius 3 is 2.52 bits per heavy atom. The fourth-order valence-corrected chi connectivity index (χ4v) is 3.15. The summed E-state index contributed by atoms with van der Waals surface area (Å²) in [6, 6.07) is 4.14. The van der Waals surface area contributed by atoms with Crippen molar-refractivity contribution in [1.82, 2.24) is 4.90 Å². The highest BCUT2D eigenvalue weighted by Crippen LogP contribution is 2.27. The number of rotatable bonds is 5. The van der Waals surface area contributed by atoms with Crippen molar-refractivity contribution in [2.45, 2.75) is 38.3 Å². The van der Waals surface area contributed by atoms with Crippen molar-refractivity contribution in [2.24, 2.45) is 0 Å². The zero-order chi connectivity index (χ0) is 17.2. The Hall–Kier alpha value is -1.73. The molecule has 0 radical (unpaired) electrons. The average Bonchev–Trinajstić information content (AvgIpc) is 2.45. The third-order valence-electron chi connectivity index (χ3n) is 4.21. The van der Waals surface area contributed by atoms with Crippen LogP contribution < -0.4 is 4.90 Å². The Morgan fingerprint density at radius 2 is 2.04 bits per heavy atom. The zero-order valence-corrected chi connectivity index (χ0v) is 13.8. The van der Waals surface area contributed by atoms with Crippen molar-refractivity contribution in [3.63, 3.8) is 0 Å². The van der Waals surface area contributed by atoms with Crippen LogP contribution >= 0.6 is 0 Å². The number of non-ortho nitro benzene ring substituents is 1. The molecule has 128 valence electrons. The van der Waals surface area contributed by atoms with Crippen molar-refractivity contribution in [1.29, 1.82) is 0 Å². The number of benzene rings is 1. The molecule has 1 saturated heterocycles. The van der Waals surface area contributed by atoms with Crippen molar-refractivity contribution in [2.75, 3.05) is 31.6 Å². The summed E-state index contributed by atoms with van der Waals surface area (Å²) >= 11 is 0. The SMILES string of the molecule is CN(CC(C)(C)O)C1CCN(c2ccc([N+](=O)[O-])cc2F)CC1. The first kappa shape index (κ1) is 17.6. The van der Waals surface area contributed by atoms with Crippen molar-refractivity contribution in [3.05, 3.63) is 34.1 Å². The molecule has 0 amide bonds. The zero-order valence-electron chi connectivity index (χ0n) is 13.8. The maximum Gasteiger partial charge on any atom is 0.272 e. The van der Waals surface area contributed by atoms with Gasteiger partial charge < -0.3 is 14.9 Å². The van der Waals surface area contributed by atoms with E-state index in [-0.39, 0.29) is 5.69 Å². The number of aliphatic hydroxyl groups is 1. The number of hydrogen-bond donors (Lipinski definition) is 1. The first-order chi connectivity index (χ1) is 10.7. The van der Waals surface area contributed by atoms with Crippen LogP contribution in [0.5, 0.6) is 0 Å². The molecule has 0 aromatic heterocycles. The summed E-state index contributed by atoms with van der Waals surface area (Å²) in [5.74, 6) is -0.553. The van der Waals surface area contributed by atoms with E-state index in [1.807, 2.05) is 11.9 Å². The maximum atomic E-state index is 14.1. The number of hydrogen-bond acceptors (Lipinski definition) is 5. The highest BCUT2D eigenvalue weighted by Gasteiger charge is 2.27. The topological polar surface area (TPSA) is 69.8 Å². The van der Waals surface area contributed by atoms with Gasteiger partial charge in [0.25, 0.3) is 5.69 Å². The highest BCUT2D eigenvalue weighted by atomic mass is 19.1. The second-order valence-corrected chi connectivity index (χ2v) is 6.84. The molecule has 0 atom stereocenters. The lowest BCUT2D eigenvalue weighted by atomic mass is 10.0. The monoisotopic (exact) mass is 325 g/mol. The van der Waals surface area contributed by atoms with E-state index in [9.17, 15) is 19.6 Å². The number of nitrogens with zero attached hydrogens (tertiary/aromatic N) is 3. The van der Waals surface area contributed by atoms with Gasteiger partial charge >= 0.3 is 0 Å². The summed E-state index contributed by atoms with van der Waals surface area (Å²) in [5, 5.41) is 20.6. The molecule has 0 saturated carbocycles. The molecule has 1 aliphatic rings. The summed E-state index contributed by atoms with van der Waals surface area (Å²) in [5.41, 5.74) is -0.554. The van der Waals surface area contributed by atoms with Crippen LogP contribution in [0.15, 0.2) is 18.2 Å². The van der Waals surface area contributed by atoms with Crippen LogP contribution in [0.1, 0.15) is 26.7 Å². The standard InChI is InChI=1S/C16H24FN3O3/c1-16(2,21)11-18(3)12-6-8-19(9-7-12)15-5-4-13(20(22)23)10-14(15)17/h4-5,10,12,21H,6-9,11H2,1-3H3. The molecule has 7 heteroatoms. The molecule has 1 heterocycles. The Bertz CT molecular complexity index is 566. The van der Waals surface area contributed by atoms with E-state index in [2.05, 4.69) is 4.90 Å². The Morgan fingerprint density at radius 1 is 1.43 bits per heavy atom. The van der Waals surface area contributed by atoms with Crippen LogP contribution in [0.3, 0.4) is 0 Å². The van der Waals surface area contributed by atoms with Gasteiger partial charge in [0.15, 0.2) is 5.82 Å². The third-order valence-corrected chi connectivity index (χ3v) is 4.21. The van der Waals surface area contributed by atoms with Crippen LogP contribution in [0.4, 0.5) is 15.8 Å². The summed E-state index contributed by atoms with van der Waals surface area (Å²) in [4.78, 5) is 14.1. The molecular formula is C16H24FN3O3. The predicted octanol–water partition coefficient (Wildman–Crippen LogP) is 2.41. The third kappa shape index (κ3) is 4.62. The molecule has 1 aromatic rings. The van der Waals surface area contributed by atoms with Crippen LogP contribution in [0.2, 0.25) is 0 Å². The van der Waals surface area contributed by atoms with Crippen molar-refractivity contribution in [3.8, 4) is 0 Å². The van der Waals surface area contributed by atoms with Crippen molar-refractivity contribution < 1.29 is 14.4 Å². The van der Waals surface area contributed by atoms with Crippen LogP contribution in [0.25, 0.3) is 0 Å². The normalized spacial score (nSPS) is 16.9. The second-order valence-electron chi connectivity index (χ2n) is 6.84. The summed E-state index contributed by atoms with van der Waals surface area (Å²) in [6.45, 7) is 5.53. The van der Waals surface area contributed by atoms with E-state index in [1.54, 1.807) is 13.8 Å². The van der Waals surface area contributed by atoms with E-state index in [1.165, 1.54) is 12.1 Å². The Balaban J connectivity index is 1.98. The fraction of sp³-hybridized carbons (Fsp3) is 0.625. The van der Waals surface area contributed by atoms with E-state index in [4.69, 9.17) is 0 Å². The smallest absolute Gasteiger partial charge is 0.272 e. The average molecular weight is 325 g/mol. The maximum absolute atomic E-state index is 14.1. The minimum absolute atomic E-state index is 0.231. The molecule has 6 nitrogen and oxygen atoms in total. The van der Waals surface area contributed by atoms with Gasteiger partial charge in [-0.15, -0.1) is 0 Å². The first-order valence-electron chi connectivity index (χ1n) is 7.79. The minimum Gasteiger partial charge on any atom is -0.389 e. The Kier molecular flexibility index (Phi) is 5.21. The van der Waals surface area contributed by atoms with Gasteiger partial charge in [0.05, 0.1) is 22.3 Å². The van der Waals surface area contributed by atoms with Crippen LogP contribution in [-0.4, -0.2) is 53.3 Å². The molecule has 0 unspecified atom stereocenters. The predicted molar refractivity (Wildman–Crippen MR) is 87.2 cm³/mol. The number of anilines is 1. The first-order valence-corrected chi connectivity index (χ1v) is 7.79. The quantitative estimate of drug-likeness (QED) is 0.665. The van der Waals surface area contributed by atoms with Crippen LogP contribution in [-0.2, 0) is 0 Å². The Labute approximate surface area is 135 Å². The molecular weight excluding hydrogens is 301 g/mol. The molecule has 1 fully saturated rings. The molecule has 23 heavy (non-hydrogen) atoms. The molecule has 0 bridgehead atoms. The number of nitro groups is 1. The largest absolute Gasteiger partial charge is 0.389 e. The molecule has 1 N–H and O–H groups in total. The van der Waals surface area contributed by atoms with E-state index in [0.29, 0.717) is 31.4 Å². The lowest BCUT2D eigenvalue weighted by Gasteiger charge is -2.39. The van der Waals surface area contributed by atoms with Gasteiger partial charge in [-0.3, -0.25) is 10.1 Å². The van der Waals surface area contributed by atoms with Gasteiger partial charge in [-0.25, -0.2) is 4.39 Å². The molecule has 1 aliphatic heterocycles.